The third-order valence-corrected chi connectivity index (χ3v) is 3.87. The number of amides is 1. The highest BCUT2D eigenvalue weighted by molar-refractivity contribution is 5.78. The predicted molar refractivity (Wildman–Crippen MR) is 85.1 cm³/mol. The molecule has 0 aromatic heterocycles. The van der Waals surface area contributed by atoms with Gasteiger partial charge in [-0.05, 0) is 30.7 Å². The number of carbonyl (C=O) groups is 2. The van der Waals surface area contributed by atoms with Crippen molar-refractivity contribution in [1.82, 2.24) is 10.6 Å². The summed E-state index contributed by atoms with van der Waals surface area (Å²) in [7, 11) is 0. The van der Waals surface area contributed by atoms with Gasteiger partial charge >= 0.3 is 5.97 Å². The molecule has 5 nitrogen and oxygen atoms in total. The van der Waals surface area contributed by atoms with Gasteiger partial charge in [-0.25, -0.2) is 0 Å². The maximum atomic E-state index is 11.9. The summed E-state index contributed by atoms with van der Waals surface area (Å²) >= 11 is 0. The number of carboxylic acid groups (broad SMARTS) is 1. The fraction of sp³-hybridized carbons (Fsp3) is 0.875. The summed E-state index contributed by atoms with van der Waals surface area (Å²) in [6.45, 7) is 12.4. The lowest BCUT2D eigenvalue weighted by atomic mass is 9.76. The molecule has 21 heavy (non-hydrogen) atoms. The van der Waals surface area contributed by atoms with E-state index >= 15 is 0 Å². The van der Waals surface area contributed by atoms with Crippen LogP contribution in [0.25, 0.3) is 0 Å². The van der Waals surface area contributed by atoms with Gasteiger partial charge in [-0.2, -0.15) is 0 Å². The molecule has 124 valence electrons. The minimum absolute atomic E-state index is 0.0444. The van der Waals surface area contributed by atoms with Crippen LogP contribution >= 0.6 is 0 Å². The molecule has 0 aliphatic heterocycles. The zero-order valence-electron chi connectivity index (χ0n) is 14.2. The molecule has 0 rings (SSSR count). The third kappa shape index (κ3) is 9.45. The Morgan fingerprint density at radius 1 is 1.19 bits per heavy atom. The van der Waals surface area contributed by atoms with Crippen molar-refractivity contribution in [1.29, 1.82) is 0 Å². The molecule has 0 bridgehead atoms. The van der Waals surface area contributed by atoms with E-state index in [9.17, 15) is 9.59 Å². The summed E-state index contributed by atoms with van der Waals surface area (Å²) in [6.07, 6.45) is 1.66. The number of aliphatic carboxylic acids is 1. The van der Waals surface area contributed by atoms with Crippen LogP contribution in [0.4, 0.5) is 0 Å². The van der Waals surface area contributed by atoms with Crippen LogP contribution in [0.1, 0.15) is 53.9 Å². The molecule has 0 heterocycles. The monoisotopic (exact) mass is 300 g/mol. The molecule has 3 N–H and O–H groups in total. The van der Waals surface area contributed by atoms with Crippen LogP contribution < -0.4 is 10.6 Å². The van der Waals surface area contributed by atoms with E-state index in [4.69, 9.17) is 5.11 Å². The van der Waals surface area contributed by atoms with Crippen molar-refractivity contribution >= 4 is 11.9 Å². The largest absolute Gasteiger partial charge is 0.481 e. The Morgan fingerprint density at radius 3 is 2.29 bits per heavy atom. The maximum Gasteiger partial charge on any atom is 0.303 e. The summed E-state index contributed by atoms with van der Waals surface area (Å²) in [5.74, 6) is -0.454. The quantitative estimate of drug-likeness (QED) is 0.578. The molecule has 2 unspecified atom stereocenters. The van der Waals surface area contributed by atoms with E-state index in [2.05, 4.69) is 31.4 Å². The van der Waals surface area contributed by atoms with Gasteiger partial charge in [-0.1, -0.05) is 34.6 Å². The summed E-state index contributed by atoms with van der Waals surface area (Å²) in [5, 5.41) is 14.9. The van der Waals surface area contributed by atoms with E-state index in [-0.39, 0.29) is 29.6 Å². The second kappa shape index (κ2) is 9.77. The van der Waals surface area contributed by atoms with Crippen molar-refractivity contribution in [2.75, 3.05) is 19.6 Å². The highest BCUT2D eigenvalue weighted by Gasteiger charge is 2.25. The van der Waals surface area contributed by atoms with Crippen LogP contribution in [-0.4, -0.2) is 36.6 Å². The van der Waals surface area contributed by atoms with E-state index in [1.807, 2.05) is 13.8 Å². The number of rotatable bonds is 10. The van der Waals surface area contributed by atoms with Crippen LogP contribution in [-0.2, 0) is 9.59 Å². The van der Waals surface area contributed by atoms with Gasteiger partial charge in [0, 0.05) is 25.4 Å². The van der Waals surface area contributed by atoms with Crippen molar-refractivity contribution in [2.45, 2.75) is 53.9 Å². The van der Waals surface area contributed by atoms with Gasteiger partial charge in [0.15, 0.2) is 0 Å². The average Bonchev–Trinajstić information content (AvgIpc) is 2.37. The standard InChI is InChI=1S/C16H32N2O3/c1-6-17-11-12(2)15(21)18-10-9-13(16(3,4)5)7-8-14(19)20/h12-13,17H,6-11H2,1-5H3,(H,18,21)(H,19,20). The summed E-state index contributed by atoms with van der Waals surface area (Å²) in [6, 6.07) is 0. The molecule has 0 saturated carbocycles. The fourth-order valence-electron chi connectivity index (χ4n) is 2.31. The van der Waals surface area contributed by atoms with Crippen molar-refractivity contribution in [3.8, 4) is 0 Å². The highest BCUT2D eigenvalue weighted by Crippen LogP contribution is 2.32. The number of nitrogens with one attached hydrogen (secondary N) is 2. The lowest BCUT2D eigenvalue weighted by Gasteiger charge is -2.30. The average molecular weight is 300 g/mol. The van der Waals surface area contributed by atoms with Crippen LogP contribution in [0, 0.1) is 17.3 Å². The Hall–Kier alpha value is -1.10. The van der Waals surface area contributed by atoms with Crippen LogP contribution in [0.3, 0.4) is 0 Å². The second-order valence-electron chi connectivity index (χ2n) is 6.78. The molecule has 0 spiro atoms. The molecule has 2 atom stereocenters. The zero-order chi connectivity index (χ0) is 16.5. The lowest BCUT2D eigenvalue weighted by molar-refractivity contribution is -0.137. The molecule has 5 heteroatoms. The first-order valence-corrected chi connectivity index (χ1v) is 7.88. The molecule has 1 amide bonds. The Bertz CT molecular complexity index is 324. The van der Waals surface area contributed by atoms with Crippen LogP contribution in [0.2, 0.25) is 0 Å². The SMILES string of the molecule is CCNCC(C)C(=O)NCCC(CCC(=O)O)C(C)(C)C. The first kappa shape index (κ1) is 19.9. The normalized spacial score (nSPS) is 14.5. The zero-order valence-corrected chi connectivity index (χ0v) is 14.2. The lowest BCUT2D eigenvalue weighted by Crippen LogP contribution is -2.37. The van der Waals surface area contributed by atoms with Crippen molar-refractivity contribution < 1.29 is 14.7 Å². The second-order valence-corrected chi connectivity index (χ2v) is 6.78. The number of hydrogen-bond acceptors (Lipinski definition) is 3. The Kier molecular flexibility index (Phi) is 9.26. The molecule has 0 radical (unpaired) electrons. The van der Waals surface area contributed by atoms with Crippen molar-refractivity contribution in [2.24, 2.45) is 17.3 Å². The molecule has 0 aromatic rings. The third-order valence-electron chi connectivity index (χ3n) is 3.87. The highest BCUT2D eigenvalue weighted by atomic mass is 16.4. The Morgan fingerprint density at radius 2 is 1.81 bits per heavy atom. The van der Waals surface area contributed by atoms with Gasteiger partial charge < -0.3 is 15.7 Å². The summed E-state index contributed by atoms with van der Waals surface area (Å²) < 4.78 is 0. The van der Waals surface area contributed by atoms with E-state index in [1.165, 1.54) is 0 Å². The van der Waals surface area contributed by atoms with Gasteiger partial charge in [-0.3, -0.25) is 9.59 Å². The molecule has 0 fully saturated rings. The molecular weight excluding hydrogens is 268 g/mol. The predicted octanol–water partition coefficient (Wildman–Crippen LogP) is 2.27. The molecule has 0 aliphatic rings. The Balaban J connectivity index is 4.18. The van der Waals surface area contributed by atoms with Gasteiger partial charge in [-0.15, -0.1) is 0 Å². The molecule has 0 aliphatic carbocycles. The fourth-order valence-corrected chi connectivity index (χ4v) is 2.31. The van der Waals surface area contributed by atoms with Gasteiger partial charge in [0.1, 0.15) is 0 Å². The molecular formula is C16H32N2O3. The molecule has 0 saturated heterocycles. The van der Waals surface area contributed by atoms with E-state index in [0.29, 0.717) is 19.5 Å². The van der Waals surface area contributed by atoms with Gasteiger partial charge in [0.25, 0.3) is 0 Å². The first-order chi connectivity index (χ1) is 9.68. The smallest absolute Gasteiger partial charge is 0.303 e. The first-order valence-electron chi connectivity index (χ1n) is 7.88. The number of hydrogen-bond donors (Lipinski definition) is 3. The van der Waals surface area contributed by atoms with Crippen molar-refractivity contribution in [3.05, 3.63) is 0 Å². The van der Waals surface area contributed by atoms with E-state index in [1.54, 1.807) is 0 Å². The minimum atomic E-state index is -0.757. The van der Waals surface area contributed by atoms with Gasteiger partial charge in [0.05, 0.1) is 0 Å². The van der Waals surface area contributed by atoms with E-state index < -0.39 is 5.97 Å². The van der Waals surface area contributed by atoms with Crippen LogP contribution in [0.5, 0.6) is 0 Å². The summed E-state index contributed by atoms with van der Waals surface area (Å²) in [4.78, 5) is 22.6. The number of carbonyl (C=O) groups excluding carboxylic acids is 1. The van der Waals surface area contributed by atoms with Crippen LogP contribution in [0.15, 0.2) is 0 Å². The number of carboxylic acids is 1. The minimum Gasteiger partial charge on any atom is -0.481 e. The Labute approximate surface area is 128 Å². The van der Waals surface area contributed by atoms with E-state index in [0.717, 1.165) is 13.0 Å². The maximum absolute atomic E-state index is 11.9. The summed E-state index contributed by atoms with van der Waals surface area (Å²) in [5.41, 5.74) is 0.0512. The molecule has 0 aromatic carbocycles. The van der Waals surface area contributed by atoms with Crippen molar-refractivity contribution in [3.63, 3.8) is 0 Å². The van der Waals surface area contributed by atoms with Gasteiger partial charge in [0.2, 0.25) is 5.91 Å². The topological polar surface area (TPSA) is 78.4 Å².